The average molecular weight is 406 g/mol. The lowest BCUT2D eigenvalue weighted by atomic mass is 10.1. The zero-order chi connectivity index (χ0) is 20.0. The van der Waals surface area contributed by atoms with Gasteiger partial charge in [0, 0.05) is 22.9 Å². The highest BCUT2D eigenvalue weighted by Gasteiger charge is 2.14. The van der Waals surface area contributed by atoms with Gasteiger partial charge in [0.25, 0.3) is 0 Å². The number of halogens is 1. The number of aromatic nitrogens is 7. The van der Waals surface area contributed by atoms with Crippen LogP contribution in [0.25, 0.3) is 33.3 Å². The Hall–Kier alpha value is -3.52. The number of ether oxygens (including phenoxy) is 1. The molecule has 3 heterocycles. The van der Waals surface area contributed by atoms with Crippen LogP contribution in [0.3, 0.4) is 0 Å². The molecular formula is C20H16ClN7O. The second-order valence-electron chi connectivity index (χ2n) is 6.67. The maximum Gasteiger partial charge on any atom is 0.204 e. The predicted octanol–water partition coefficient (Wildman–Crippen LogP) is 3.55. The molecule has 0 aliphatic rings. The average Bonchev–Trinajstić information content (AvgIpc) is 3.31. The van der Waals surface area contributed by atoms with E-state index in [1.54, 1.807) is 14.2 Å². The largest absolute Gasteiger partial charge is 0.497 e. The van der Waals surface area contributed by atoms with Crippen LogP contribution < -0.4 is 4.74 Å². The Balaban J connectivity index is 1.55. The summed E-state index contributed by atoms with van der Waals surface area (Å²) in [5, 5.41) is 14.4. The molecule has 1 N–H and O–H groups in total. The zero-order valence-corrected chi connectivity index (χ0v) is 16.5. The molecule has 0 amide bonds. The molecule has 0 fully saturated rings. The SMILES string of the molecule is COc1ccc(Cc2nc(Cl)c3c(n2)[nH]c2cc(-c4nnn(C)n4)ccc23)cc1. The zero-order valence-electron chi connectivity index (χ0n) is 15.7. The van der Waals surface area contributed by atoms with Crippen molar-refractivity contribution in [2.75, 3.05) is 7.11 Å². The maximum atomic E-state index is 6.53. The third-order valence-electron chi connectivity index (χ3n) is 4.74. The molecule has 0 spiro atoms. The molecule has 0 atom stereocenters. The number of tetrazole rings is 1. The highest BCUT2D eigenvalue weighted by Crippen LogP contribution is 2.31. The van der Waals surface area contributed by atoms with Crippen molar-refractivity contribution in [1.82, 2.24) is 35.2 Å². The third-order valence-corrected chi connectivity index (χ3v) is 5.01. The molecule has 0 aliphatic heterocycles. The number of hydrogen-bond acceptors (Lipinski definition) is 6. The molecule has 3 aromatic heterocycles. The molecule has 0 unspecified atom stereocenters. The number of rotatable bonds is 4. The lowest BCUT2D eigenvalue weighted by Gasteiger charge is -2.04. The number of H-pyrrole nitrogens is 1. The van der Waals surface area contributed by atoms with Crippen molar-refractivity contribution in [2.45, 2.75) is 6.42 Å². The number of hydrogen-bond donors (Lipinski definition) is 1. The molecule has 5 aromatic rings. The van der Waals surface area contributed by atoms with Gasteiger partial charge in [-0.15, -0.1) is 10.2 Å². The van der Waals surface area contributed by atoms with Crippen LogP contribution in [-0.4, -0.2) is 42.3 Å². The van der Waals surface area contributed by atoms with Crippen molar-refractivity contribution < 1.29 is 4.74 Å². The van der Waals surface area contributed by atoms with Crippen LogP contribution in [0.4, 0.5) is 0 Å². The van der Waals surface area contributed by atoms with Crippen molar-refractivity contribution in [2.24, 2.45) is 7.05 Å². The standard InChI is InChI=1S/C20H16ClN7O/c1-28-26-19(25-27-28)12-5-8-14-15(10-12)22-20-17(14)18(21)23-16(24-20)9-11-3-6-13(29-2)7-4-11/h3-8,10H,9H2,1-2H3,(H,22,23,24). The number of nitrogens with one attached hydrogen (secondary N) is 1. The van der Waals surface area contributed by atoms with E-state index >= 15 is 0 Å². The highest BCUT2D eigenvalue weighted by molar-refractivity contribution is 6.36. The Kier molecular flexibility index (Phi) is 4.13. The smallest absolute Gasteiger partial charge is 0.204 e. The van der Waals surface area contributed by atoms with Crippen molar-refractivity contribution in [3.05, 3.63) is 59.0 Å². The molecule has 9 heteroatoms. The van der Waals surface area contributed by atoms with Gasteiger partial charge in [-0.3, -0.25) is 0 Å². The summed E-state index contributed by atoms with van der Waals surface area (Å²) in [6.07, 6.45) is 0.573. The van der Waals surface area contributed by atoms with Crippen LogP contribution in [0.1, 0.15) is 11.4 Å². The third kappa shape index (κ3) is 3.17. The van der Waals surface area contributed by atoms with Crippen LogP contribution in [0.15, 0.2) is 42.5 Å². The summed E-state index contributed by atoms with van der Waals surface area (Å²) < 4.78 is 5.20. The van der Waals surface area contributed by atoms with Gasteiger partial charge in [-0.25, -0.2) is 9.97 Å². The number of benzene rings is 2. The van der Waals surface area contributed by atoms with E-state index in [-0.39, 0.29) is 0 Å². The first-order valence-electron chi connectivity index (χ1n) is 8.96. The molecule has 0 saturated carbocycles. The van der Waals surface area contributed by atoms with Crippen LogP contribution in [0.5, 0.6) is 5.75 Å². The van der Waals surface area contributed by atoms with Gasteiger partial charge >= 0.3 is 0 Å². The molecule has 0 saturated heterocycles. The van der Waals surface area contributed by atoms with Gasteiger partial charge in [-0.1, -0.05) is 35.9 Å². The van der Waals surface area contributed by atoms with Gasteiger partial charge in [0.05, 0.1) is 19.5 Å². The summed E-state index contributed by atoms with van der Waals surface area (Å²) in [5.41, 5.74) is 3.53. The normalized spacial score (nSPS) is 11.4. The van der Waals surface area contributed by atoms with Crippen LogP contribution in [0, 0.1) is 0 Å². The van der Waals surface area contributed by atoms with Gasteiger partial charge in [0.15, 0.2) is 0 Å². The van der Waals surface area contributed by atoms with E-state index in [2.05, 4.69) is 30.4 Å². The fraction of sp³-hybridized carbons (Fsp3) is 0.150. The fourth-order valence-corrected chi connectivity index (χ4v) is 3.63. The molecule has 5 rings (SSSR count). The first kappa shape index (κ1) is 17.6. The van der Waals surface area contributed by atoms with E-state index in [0.29, 0.717) is 28.9 Å². The Bertz CT molecular complexity index is 1340. The molecule has 29 heavy (non-hydrogen) atoms. The molecule has 0 radical (unpaired) electrons. The Morgan fingerprint density at radius 3 is 2.66 bits per heavy atom. The van der Waals surface area contributed by atoms with Crippen LogP contribution in [0.2, 0.25) is 5.15 Å². The minimum absolute atomic E-state index is 0.426. The lowest BCUT2D eigenvalue weighted by Crippen LogP contribution is -1.97. The topological polar surface area (TPSA) is 94.4 Å². The fourth-order valence-electron chi connectivity index (χ4n) is 3.34. The van der Waals surface area contributed by atoms with Gasteiger partial charge in [-0.2, -0.15) is 4.80 Å². The second-order valence-corrected chi connectivity index (χ2v) is 7.02. The van der Waals surface area contributed by atoms with Crippen molar-refractivity contribution in [1.29, 1.82) is 0 Å². The van der Waals surface area contributed by atoms with Crippen molar-refractivity contribution in [3.63, 3.8) is 0 Å². The van der Waals surface area contributed by atoms with E-state index in [0.717, 1.165) is 33.2 Å². The van der Waals surface area contributed by atoms with Gasteiger partial charge < -0.3 is 9.72 Å². The van der Waals surface area contributed by atoms with Gasteiger partial charge in [0.1, 0.15) is 22.4 Å². The summed E-state index contributed by atoms with van der Waals surface area (Å²) in [5.74, 6) is 2.02. The van der Waals surface area contributed by atoms with Gasteiger partial charge in [0.2, 0.25) is 5.82 Å². The Morgan fingerprint density at radius 2 is 1.93 bits per heavy atom. The number of methoxy groups -OCH3 is 1. The van der Waals surface area contributed by atoms with E-state index in [9.17, 15) is 0 Å². The first-order valence-corrected chi connectivity index (χ1v) is 9.33. The van der Waals surface area contributed by atoms with E-state index < -0.39 is 0 Å². The molecule has 0 aliphatic carbocycles. The molecule has 0 bridgehead atoms. The summed E-state index contributed by atoms with van der Waals surface area (Å²) in [6, 6.07) is 13.7. The molecular weight excluding hydrogens is 390 g/mol. The van der Waals surface area contributed by atoms with E-state index in [1.165, 1.54) is 4.80 Å². The van der Waals surface area contributed by atoms with Crippen molar-refractivity contribution >= 4 is 33.5 Å². The summed E-state index contributed by atoms with van der Waals surface area (Å²) in [4.78, 5) is 14.0. The second kappa shape index (κ2) is 6.82. The monoisotopic (exact) mass is 405 g/mol. The highest BCUT2D eigenvalue weighted by atomic mass is 35.5. The first-order chi connectivity index (χ1) is 14.1. The summed E-state index contributed by atoms with van der Waals surface area (Å²) in [6.45, 7) is 0. The van der Waals surface area contributed by atoms with E-state index in [1.807, 2.05) is 42.5 Å². The van der Waals surface area contributed by atoms with Crippen molar-refractivity contribution in [3.8, 4) is 17.1 Å². The molecule has 144 valence electrons. The number of aryl methyl sites for hydroxylation is 1. The van der Waals surface area contributed by atoms with Crippen LogP contribution in [-0.2, 0) is 13.5 Å². The quantitative estimate of drug-likeness (QED) is 0.459. The number of nitrogens with zero attached hydrogens (tertiary/aromatic N) is 6. The Labute approximate surface area is 170 Å². The summed E-state index contributed by atoms with van der Waals surface area (Å²) in [7, 11) is 3.38. The van der Waals surface area contributed by atoms with E-state index in [4.69, 9.17) is 16.3 Å². The molecule has 8 nitrogen and oxygen atoms in total. The number of fused-ring (bicyclic) bond motifs is 3. The summed E-state index contributed by atoms with van der Waals surface area (Å²) >= 11 is 6.53. The number of aromatic amines is 1. The molecule has 2 aromatic carbocycles. The predicted molar refractivity (Wildman–Crippen MR) is 110 cm³/mol. The minimum Gasteiger partial charge on any atom is -0.497 e. The Morgan fingerprint density at radius 1 is 1.10 bits per heavy atom. The van der Waals surface area contributed by atoms with Crippen LogP contribution >= 0.6 is 11.6 Å². The lowest BCUT2D eigenvalue weighted by molar-refractivity contribution is 0.414. The maximum absolute atomic E-state index is 6.53. The van der Waals surface area contributed by atoms with Gasteiger partial charge in [-0.05, 0) is 29.0 Å². The minimum atomic E-state index is 0.426.